The van der Waals surface area contributed by atoms with Crippen LogP contribution in [0, 0.1) is 0 Å². The van der Waals surface area contributed by atoms with Gasteiger partial charge in [-0.3, -0.25) is 4.79 Å². The van der Waals surface area contributed by atoms with Gasteiger partial charge in [0.1, 0.15) is 0 Å². The molecule has 0 spiro atoms. The van der Waals surface area contributed by atoms with Gasteiger partial charge in [-0.2, -0.15) is 0 Å². The second-order valence-electron chi connectivity index (χ2n) is 3.30. The van der Waals surface area contributed by atoms with Crippen LogP contribution in [0.5, 0.6) is 0 Å². The van der Waals surface area contributed by atoms with Crippen LogP contribution < -0.4 is 5.73 Å². The van der Waals surface area contributed by atoms with Gasteiger partial charge in [0, 0.05) is 32.3 Å². The van der Waals surface area contributed by atoms with E-state index in [1.807, 2.05) is 0 Å². The number of aliphatic hydroxyl groups excluding tert-OH is 3. The van der Waals surface area contributed by atoms with Gasteiger partial charge in [-0.1, -0.05) is 0 Å². The van der Waals surface area contributed by atoms with Crippen LogP contribution in [-0.4, -0.2) is 51.8 Å². The number of hydrogen-bond acceptors (Lipinski definition) is 5. The van der Waals surface area contributed by atoms with Crippen molar-refractivity contribution in [2.24, 2.45) is 5.73 Å². The highest BCUT2D eigenvalue weighted by Crippen LogP contribution is 2.15. The maximum absolute atomic E-state index is 9.00. The maximum atomic E-state index is 9.00. The van der Waals surface area contributed by atoms with Crippen molar-refractivity contribution in [1.82, 2.24) is 0 Å². The van der Waals surface area contributed by atoms with Crippen LogP contribution in [0.1, 0.15) is 26.2 Å². The number of nitrogens with two attached hydrogens (primary N) is 1. The van der Waals surface area contributed by atoms with E-state index in [0.29, 0.717) is 19.3 Å². The Bertz CT molecular complexity index is 142. The first kappa shape index (κ1) is 16.7. The van der Waals surface area contributed by atoms with Crippen LogP contribution in [0.15, 0.2) is 0 Å². The van der Waals surface area contributed by atoms with Crippen LogP contribution in [-0.2, 0) is 4.79 Å². The second kappa shape index (κ2) is 9.85. The minimum Gasteiger partial charge on any atom is -0.481 e. The molecule has 0 rings (SSSR count). The highest BCUT2D eigenvalue weighted by Gasteiger charge is 2.22. The monoisotopic (exact) mass is 223 g/mol. The Kier molecular flexibility index (Phi) is 11.0. The van der Waals surface area contributed by atoms with E-state index in [0.717, 1.165) is 6.92 Å². The minimum absolute atomic E-state index is 0.00347. The second-order valence-corrected chi connectivity index (χ2v) is 3.30. The lowest BCUT2D eigenvalue weighted by Gasteiger charge is -2.26. The summed E-state index contributed by atoms with van der Waals surface area (Å²) in [6.45, 7) is 1.07. The summed E-state index contributed by atoms with van der Waals surface area (Å²) in [6, 6.07) is 0. The van der Waals surface area contributed by atoms with Gasteiger partial charge < -0.3 is 26.2 Å². The van der Waals surface area contributed by atoms with Crippen molar-refractivity contribution in [2.45, 2.75) is 31.7 Å². The van der Waals surface area contributed by atoms with Crippen LogP contribution in [0.2, 0.25) is 0 Å². The Balaban J connectivity index is 0. The molecular weight excluding hydrogens is 202 g/mol. The molecule has 0 aromatic rings. The first-order valence-corrected chi connectivity index (χ1v) is 4.73. The largest absolute Gasteiger partial charge is 0.481 e. The molecule has 0 heterocycles. The van der Waals surface area contributed by atoms with E-state index in [2.05, 4.69) is 0 Å². The van der Waals surface area contributed by atoms with E-state index in [9.17, 15) is 0 Å². The minimum atomic E-state index is -0.833. The molecule has 0 fully saturated rings. The van der Waals surface area contributed by atoms with E-state index in [4.69, 9.17) is 31.0 Å². The lowest BCUT2D eigenvalue weighted by atomic mass is 9.90. The Morgan fingerprint density at radius 1 is 1.07 bits per heavy atom. The predicted molar refractivity (Wildman–Crippen MR) is 55.3 cm³/mol. The summed E-state index contributed by atoms with van der Waals surface area (Å²) in [5.41, 5.74) is 5.15. The van der Waals surface area contributed by atoms with Crippen molar-refractivity contribution >= 4 is 5.97 Å². The fourth-order valence-electron chi connectivity index (χ4n) is 1.04. The number of aliphatic carboxylic acids is 1. The number of rotatable bonds is 6. The van der Waals surface area contributed by atoms with Crippen LogP contribution in [0.25, 0.3) is 0 Å². The maximum Gasteiger partial charge on any atom is 0.300 e. The van der Waals surface area contributed by atoms with Crippen molar-refractivity contribution in [2.75, 3.05) is 19.8 Å². The molecule has 0 bridgehead atoms. The van der Waals surface area contributed by atoms with Crippen molar-refractivity contribution < 1.29 is 25.2 Å². The molecule has 6 N–H and O–H groups in total. The Hall–Kier alpha value is -0.690. The Labute approximate surface area is 89.3 Å². The number of carbonyl (C=O) groups is 1. The van der Waals surface area contributed by atoms with Gasteiger partial charge in [-0.05, 0) is 19.3 Å². The fraction of sp³-hybridized carbons (Fsp3) is 0.889. The highest BCUT2D eigenvalue weighted by atomic mass is 16.4. The molecule has 0 unspecified atom stereocenters. The third-order valence-corrected chi connectivity index (χ3v) is 1.83. The zero-order chi connectivity index (χ0) is 12.3. The molecule has 0 aliphatic rings. The van der Waals surface area contributed by atoms with Crippen molar-refractivity contribution in [3.8, 4) is 0 Å². The molecule has 6 nitrogen and oxygen atoms in total. The quantitative estimate of drug-likeness (QED) is 0.390. The lowest BCUT2D eigenvalue weighted by Crippen LogP contribution is -2.42. The van der Waals surface area contributed by atoms with Gasteiger partial charge in [0.2, 0.25) is 0 Å². The molecule has 0 aromatic carbocycles. The normalized spacial score (nSPS) is 10.5. The van der Waals surface area contributed by atoms with Gasteiger partial charge in [0.15, 0.2) is 0 Å². The summed E-state index contributed by atoms with van der Waals surface area (Å²) in [4.78, 5) is 9.00. The number of hydrogen-bond donors (Lipinski definition) is 5. The first-order valence-electron chi connectivity index (χ1n) is 4.73. The van der Waals surface area contributed by atoms with E-state index < -0.39 is 11.5 Å². The molecule has 0 aliphatic carbocycles. The van der Waals surface area contributed by atoms with Crippen molar-refractivity contribution in [1.29, 1.82) is 0 Å². The van der Waals surface area contributed by atoms with Crippen LogP contribution in [0.3, 0.4) is 0 Å². The molecule has 15 heavy (non-hydrogen) atoms. The van der Waals surface area contributed by atoms with Crippen LogP contribution in [0.4, 0.5) is 0 Å². The van der Waals surface area contributed by atoms with Gasteiger partial charge in [-0.15, -0.1) is 0 Å². The SMILES string of the molecule is CC(=O)O.NC(CCO)(CCO)CCO. The van der Waals surface area contributed by atoms with E-state index in [-0.39, 0.29) is 19.8 Å². The first-order chi connectivity index (χ1) is 6.91. The molecule has 0 amide bonds. The summed E-state index contributed by atoms with van der Waals surface area (Å²) in [5.74, 6) is -0.833. The Morgan fingerprint density at radius 3 is 1.40 bits per heavy atom. The summed E-state index contributed by atoms with van der Waals surface area (Å²) < 4.78 is 0. The van der Waals surface area contributed by atoms with E-state index >= 15 is 0 Å². The zero-order valence-electron chi connectivity index (χ0n) is 9.02. The van der Waals surface area contributed by atoms with Gasteiger partial charge >= 0.3 is 0 Å². The van der Waals surface area contributed by atoms with Crippen molar-refractivity contribution in [3.05, 3.63) is 0 Å². The van der Waals surface area contributed by atoms with Gasteiger partial charge in [0.25, 0.3) is 5.97 Å². The molecule has 0 aromatic heterocycles. The smallest absolute Gasteiger partial charge is 0.300 e. The van der Waals surface area contributed by atoms with E-state index in [1.54, 1.807) is 0 Å². The average molecular weight is 223 g/mol. The van der Waals surface area contributed by atoms with Crippen LogP contribution >= 0.6 is 0 Å². The summed E-state index contributed by atoms with van der Waals surface area (Å²) in [7, 11) is 0. The lowest BCUT2D eigenvalue weighted by molar-refractivity contribution is -0.134. The van der Waals surface area contributed by atoms with Gasteiger partial charge in [-0.25, -0.2) is 0 Å². The topological polar surface area (TPSA) is 124 Å². The summed E-state index contributed by atoms with van der Waals surface area (Å²) >= 11 is 0. The van der Waals surface area contributed by atoms with Gasteiger partial charge in [0.05, 0.1) is 0 Å². The predicted octanol–water partition coefficient (Wildman–Crippen LogP) is -1.08. The third-order valence-electron chi connectivity index (χ3n) is 1.83. The molecule has 6 heteroatoms. The molecule has 92 valence electrons. The number of carboxylic acid groups (broad SMARTS) is 1. The Morgan fingerprint density at radius 2 is 1.27 bits per heavy atom. The molecule has 0 saturated heterocycles. The standard InChI is InChI=1S/C7H17NO3.C2H4O2/c8-7(1-4-9,2-5-10)3-6-11;1-2(3)4/h9-11H,1-6,8H2;1H3,(H,3,4). The summed E-state index contributed by atoms with van der Waals surface area (Å²) in [6.07, 6.45) is 1.27. The highest BCUT2D eigenvalue weighted by molar-refractivity contribution is 5.62. The zero-order valence-corrected chi connectivity index (χ0v) is 9.02. The van der Waals surface area contributed by atoms with E-state index in [1.165, 1.54) is 0 Å². The number of carboxylic acids is 1. The molecular formula is C9H21NO5. The molecule has 0 atom stereocenters. The third kappa shape index (κ3) is 13.3. The number of aliphatic hydroxyl groups is 3. The fourth-order valence-corrected chi connectivity index (χ4v) is 1.04. The molecule has 0 saturated carbocycles. The molecule has 0 aliphatic heterocycles. The van der Waals surface area contributed by atoms with Crippen molar-refractivity contribution in [3.63, 3.8) is 0 Å². The molecule has 0 radical (unpaired) electrons. The average Bonchev–Trinajstić information content (AvgIpc) is 2.03. The summed E-state index contributed by atoms with van der Waals surface area (Å²) in [5, 5.41) is 33.3.